The van der Waals surface area contributed by atoms with Gasteiger partial charge in [0.2, 0.25) is 5.91 Å². The standard InChI is InChI=1S/C17H25NO3S/c1-13(17(20)21-2)12-18(14-7-4-3-5-8-14)16(19)11-15-9-6-10-22-15/h6,9-10,13-14H,3-5,7-8,11-12H2,1-2H3. The van der Waals surface area contributed by atoms with Gasteiger partial charge < -0.3 is 9.64 Å². The fourth-order valence-electron chi connectivity index (χ4n) is 3.08. The summed E-state index contributed by atoms with van der Waals surface area (Å²) in [6.07, 6.45) is 6.10. The van der Waals surface area contributed by atoms with E-state index in [-0.39, 0.29) is 23.8 Å². The quantitative estimate of drug-likeness (QED) is 0.755. The molecule has 0 spiro atoms. The van der Waals surface area contributed by atoms with Crippen LogP contribution in [0.4, 0.5) is 0 Å². The monoisotopic (exact) mass is 323 g/mol. The molecule has 4 nitrogen and oxygen atoms in total. The van der Waals surface area contributed by atoms with Crippen LogP contribution in [0, 0.1) is 5.92 Å². The third-order valence-electron chi connectivity index (χ3n) is 4.32. The van der Waals surface area contributed by atoms with Crippen molar-refractivity contribution < 1.29 is 14.3 Å². The number of methoxy groups -OCH3 is 1. The molecule has 0 saturated heterocycles. The normalized spacial score (nSPS) is 17.0. The SMILES string of the molecule is COC(=O)C(C)CN(C(=O)Cc1cccs1)C1CCCCC1. The number of esters is 1. The molecule has 1 aliphatic rings. The van der Waals surface area contributed by atoms with Crippen LogP contribution < -0.4 is 0 Å². The van der Waals surface area contributed by atoms with Crippen LogP contribution >= 0.6 is 11.3 Å². The second kappa shape index (κ2) is 8.32. The van der Waals surface area contributed by atoms with Crippen molar-refractivity contribution in [1.82, 2.24) is 4.90 Å². The molecule has 0 bridgehead atoms. The molecule has 0 aliphatic heterocycles. The van der Waals surface area contributed by atoms with Crippen LogP contribution in [0.15, 0.2) is 17.5 Å². The van der Waals surface area contributed by atoms with Crippen LogP contribution in [-0.2, 0) is 20.7 Å². The minimum absolute atomic E-state index is 0.130. The molecule has 1 fully saturated rings. The number of amides is 1. The highest BCUT2D eigenvalue weighted by atomic mass is 32.1. The molecule has 1 aromatic rings. The Morgan fingerprint density at radius 2 is 2.09 bits per heavy atom. The van der Waals surface area contributed by atoms with Crippen molar-refractivity contribution in [2.24, 2.45) is 5.92 Å². The first-order chi connectivity index (χ1) is 10.6. The highest BCUT2D eigenvalue weighted by molar-refractivity contribution is 7.10. The maximum atomic E-state index is 12.7. The Morgan fingerprint density at radius 3 is 2.68 bits per heavy atom. The fourth-order valence-corrected chi connectivity index (χ4v) is 3.78. The van der Waals surface area contributed by atoms with Gasteiger partial charge in [-0.05, 0) is 24.3 Å². The number of nitrogens with zero attached hydrogens (tertiary/aromatic N) is 1. The molecule has 22 heavy (non-hydrogen) atoms. The van der Waals surface area contributed by atoms with Crippen molar-refractivity contribution in [2.75, 3.05) is 13.7 Å². The first kappa shape index (κ1) is 17.0. The lowest BCUT2D eigenvalue weighted by Crippen LogP contribution is -2.45. The molecular weight excluding hydrogens is 298 g/mol. The summed E-state index contributed by atoms with van der Waals surface area (Å²) in [6.45, 7) is 2.29. The summed E-state index contributed by atoms with van der Waals surface area (Å²) in [5.74, 6) is -0.394. The fraction of sp³-hybridized carbons (Fsp3) is 0.647. The van der Waals surface area contributed by atoms with E-state index >= 15 is 0 Å². The Hall–Kier alpha value is -1.36. The minimum Gasteiger partial charge on any atom is -0.469 e. The van der Waals surface area contributed by atoms with E-state index < -0.39 is 0 Å². The summed E-state index contributed by atoms with van der Waals surface area (Å²) >= 11 is 1.61. The number of ether oxygens (including phenoxy) is 1. The van der Waals surface area contributed by atoms with Crippen molar-refractivity contribution >= 4 is 23.2 Å². The summed E-state index contributed by atoms with van der Waals surface area (Å²) in [4.78, 5) is 27.5. The molecule has 122 valence electrons. The first-order valence-corrected chi connectivity index (χ1v) is 8.89. The molecule has 0 N–H and O–H groups in total. The van der Waals surface area contributed by atoms with Gasteiger partial charge in [-0.25, -0.2) is 0 Å². The van der Waals surface area contributed by atoms with E-state index in [2.05, 4.69) is 0 Å². The zero-order valence-corrected chi connectivity index (χ0v) is 14.2. The van der Waals surface area contributed by atoms with Gasteiger partial charge in [-0.15, -0.1) is 11.3 Å². The number of thiophene rings is 1. The average molecular weight is 323 g/mol. The second-order valence-corrected chi connectivity index (χ2v) is 7.05. The van der Waals surface area contributed by atoms with Crippen molar-refractivity contribution in [3.8, 4) is 0 Å². The number of hydrogen-bond donors (Lipinski definition) is 0. The summed E-state index contributed by atoms with van der Waals surface area (Å²) in [7, 11) is 1.40. The van der Waals surface area contributed by atoms with Gasteiger partial charge in [-0.3, -0.25) is 9.59 Å². The lowest BCUT2D eigenvalue weighted by molar-refractivity contribution is -0.147. The molecule has 0 aromatic carbocycles. The van der Waals surface area contributed by atoms with E-state index in [1.807, 2.05) is 29.3 Å². The van der Waals surface area contributed by atoms with Gasteiger partial charge in [0, 0.05) is 17.5 Å². The van der Waals surface area contributed by atoms with Crippen LogP contribution in [0.1, 0.15) is 43.9 Å². The Morgan fingerprint density at radius 1 is 1.36 bits per heavy atom. The summed E-state index contributed by atoms with van der Waals surface area (Å²) in [5, 5.41) is 1.99. The first-order valence-electron chi connectivity index (χ1n) is 8.01. The number of hydrogen-bond acceptors (Lipinski definition) is 4. The van der Waals surface area contributed by atoms with E-state index in [9.17, 15) is 9.59 Å². The van der Waals surface area contributed by atoms with E-state index in [0.29, 0.717) is 13.0 Å². The van der Waals surface area contributed by atoms with Crippen molar-refractivity contribution in [2.45, 2.75) is 51.5 Å². The van der Waals surface area contributed by atoms with Gasteiger partial charge in [0.1, 0.15) is 0 Å². The van der Waals surface area contributed by atoms with E-state index in [1.54, 1.807) is 11.3 Å². The molecule has 1 saturated carbocycles. The smallest absolute Gasteiger partial charge is 0.310 e. The number of carbonyl (C=O) groups is 2. The van der Waals surface area contributed by atoms with Gasteiger partial charge >= 0.3 is 5.97 Å². The zero-order valence-electron chi connectivity index (χ0n) is 13.4. The summed E-state index contributed by atoms with van der Waals surface area (Å²) in [5.41, 5.74) is 0. The predicted molar refractivity (Wildman–Crippen MR) is 87.8 cm³/mol. The Labute approximate surface area is 136 Å². The minimum atomic E-state index is -0.279. The molecule has 1 atom stereocenters. The van der Waals surface area contributed by atoms with Gasteiger partial charge in [-0.1, -0.05) is 32.3 Å². The molecule has 1 aromatic heterocycles. The molecule has 1 aliphatic carbocycles. The molecule has 0 radical (unpaired) electrons. The molecule has 2 rings (SSSR count). The largest absolute Gasteiger partial charge is 0.469 e. The highest BCUT2D eigenvalue weighted by Crippen LogP contribution is 2.25. The molecule has 1 amide bonds. The van der Waals surface area contributed by atoms with E-state index in [0.717, 1.165) is 17.7 Å². The lowest BCUT2D eigenvalue weighted by atomic mass is 9.93. The van der Waals surface area contributed by atoms with Gasteiger partial charge in [0.05, 0.1) is 19.4 Å². The summed E-state index contributed by atoms with van der Waals surface area (Å²) in [6, 6.07) is 4.23. The molecule has 1 heterocycles. The Balaban J connectivity index is 2.05. The predicted octanol–water partition coefficient (Wildman–Crippen LogP) is 3.26. The second-order valence-electron chi connectivity index (χ2n) is 6.02. The number of rotatable bonds is 6. The van der Waals surface area contributed by atoms with Crippen LogP contribution in [0.5, 0.6) is 0 Å². The van der Waals surface area contributed by atoms with Crippen molar-refractivity contribution in [1.29, 1.82) is 0 Å². The van der Waals surface area contributed by atoms with E-state index in [4.69, 9.17) is 4.74 Å². The third kappa shape index (κ3) is 4.57. The van der Waals surface area contributed by atoms with Crippen LogP contribution in [0.3, 0.4) is 0 Å². The summed E-state index contributed by atoms with van der Waals surface area (Å²) < 4.78 is 4.81. The van der Waals surface area contributed by atoms with Crippen molar-refractivity contribution in [3.63, 3.8) is 0 Å². The van der Waals surface area contributed by atoms with Crippen LogP contribution in [-0.4, -0.2) is 36.5 Å². The Bertz CT molecular complexity index is 480. The third-order valence-corrected chi connectivity index (χ3v) is 5.19. The maximum absolute atomic E-state index is 12.7. The van der Waals surface area contributed by atoms with Crippen molar-refractivity contribution in [3.05, 3.63) is 22.4 Å². The van der Waals surface area contributed by atoms with Gasteiger partial charge in [0.25, 0.3) is 0 Å². The zero-order chi connectivity index (χ0) is 15.9. The Kier molecular flexibility index (Phi) is 6.43. The van der Waals surface area contributed by atoms with Gasteiger partial charge in [0.15, 0.2) is 0 Å². The highest BCUT2D eigenvalue weighted by Gasteiger charge is 2.29. The van der Waals surface area contributed by atoms with Gasteiger partial charge in [-0.2, -0.15) is 0 Å². The van der Waals surface area contributed by atoms with E-state index in [1.165, 1.54) is 26.4 Å². The molecular formula is C17H25NO3S. The van der Waals surface area contributed by atoms with Crippen LogP contribution in [0.25, 0.3) is 0 Å². The lowest BCUT2D eigenvalue weighted by Gasteiger charge is -2.35. The van der Waals surface area contributed by atoms with Crippen LogP contribution in [0.2, 0.25) is 0 Å². The number of carbonyl (C=O) groups excluding carboxylic acids is 2. The average Bonchev–Trinajstić information content (AvgIpc) is 3.05. The maximum Gasteiger partial charge on any atom is 0.310 e. The topological polar surface area (TPSA) is 46.6 Å². The molecule has 5 heteroatoms. The molecule has 1 unspecified atom stereocenters.